The quantitative estimate of drug-likeness (QED) is 0.400. The first kappa shape index (κ1) is 16.6. The molecule has 25 heavy (non-hydrogen) atoms. The van der Waals surface area contributed by atoms with E-state index in [2.05, 4.69) is 4.98 Å². The fourth-order valence-electron chi connectivity index (χ4n) is 2.36. The van der Waals surface area contributed by atoms with Crippen molar-refractivity contribution in [3.63, 3.8) is 0 Å². The first-order valence-electron chi connectivity index (χ1n) is 7.58. The van der Waals surface area contributed by atoms with Crippen LogP contribution >= 0.6 is 0 Å². The number of rotatable bonds is 5. The van der Waals surface area contributed by atoms with Gasteiger partial charge in [0.15, 0.2) is 23.0 Å². The highest BCUT2D eigenvalue weighted by Gasteiger charge is 2.07. The number of oxazole rings is 1. The minimum absolute atomic E-state index is 0.405. The van der Waals surface area contributed by atoms with Crippen molar-refractivity contribution in [3.8, 4) is 17.2 Å². The van der Waals surface area contributed by atoms with Crippen LogP contribution in [0.4, 0.5) is 0 Å². The van der Waals surface area contributed by atoms with Crippen molar-refractivity contribution >= 4 is 23.1 Å². The molecule has 3 aromatic rings. The second kappa shape index (κ2) is 7.09. The molecule has 3 rings (SSSR count). The van der Waals surface area contributed by atoms with Gasteiger partial charge >= 0.3 is 5.97 Å². The first-order chi connectivity index (χ1) is 12.1. The molecule has 0 unspecified atom stereocenters. The van der Waals surface area contributed by atoms with Crippen LogP contribution in [0.2, 0.25) is 0 Å². The van der Waals surface area contributed by atoms with Gasteiger partial charge in [-0.3, -0.25) is 0 Å². The second-order valence-electron chi connectivity index (χ2n) is 5.23. The number of esters is 1. The van der Waals surface area contributed by atoms with Gasteiger partial charge in [0.1, 0.15) is 11.3 Å². The zero-order chi connectivity index (χ0) is 17.8. The zero-order valence-electron chi connectivity index (χ0n) is 14.1. The molecule has 1 heterocycles. The summed E-state index contributed by atoms with van der Waals surface area (Å²) in [7, 11) is 3.12. The first-order valence-corrected chi connectivity index (χ1v) is 7.58. The van der Waals surface area contributed by atoms with E-state index in [9.17, 15) is 4.79 Å². The lowest BCUT2D eigenvalue weighted by atomic mass is 10.2. The van der Waals surface area contributed by atoms with Gasteiger partial charge in [-0.1, -0.05) is 6.07 Å². The minimum Gasteiger partial charge on any atom is -0.493 e. The molecule has 0 aliphatic heterocycles. The molecule has 0 aliphatic rings. The van der Waals surface area contributed by atoms with Gasteiger partial charge in [-0.15, -0.1) is 0 Å². The van der Waals surface area contributed by atoms with Gasteiger partial charge in [0.05, 0.1) is 14.2 Å². The molecular weight excluding hydrogens is 322 g/mol. The highest BCUT2D eigenvalue weighted by atomic mass is 16.5. The molecule has 0 fully saturated rings. The molecule has 0 bridgehead atoms. The molecule has 2 aromatic carbocycles. The Morgan fingerprint density at radius 3 is 2.64 bits per heavy atom. The van der Waals surface area contributed by atoms with Gasteiger partial charge in [0, 0.05) is 19.1 Å². The fourth-order valence-corrected chi connectivity index (χ4v) is 2.36. The molecule has 128 valence electrons. The Kier molecular flexibility index (Phi) is 4.70. The fraction of sp³-hybridized carbons (Fsp3) is 0.158. The number of aryl methyl sites for hydroxylation is 1. The van der Waals surface area contributed by atoms with E-state index in [1.165, 1.54) is 6.08 Å². The van der Waals surface area contributed by atoms with Crippen molar-refractivity contribution < 1.29 is 23.4 Å². The highest BCUT2D eigenvalue weighted by Crippen LogP contribution is 2.28. The summed E-state index contributed by atoms with van der Waals surface area (Å²) < 4.78 is 21.1. The summed E-state index contributed by atoms with van der Waals surface area (Å²) in [5, 5.41) is 0. The van der Waals surface area contributed by atoms with Gasteiger partial charge in [-0.25, -0.2) is 9.78 Å². The lowest BCUT2D eigenvalue weighted by molar-refractivity contribution is -0.128. The summed E-state index contributed by atoms with van der Waals surface area (Å²) in [5.74, 6) is 1.69. The molecule has 6 nitrogen and oxygen atoms in total. The Balaban J connectivity index is 1.71. The van der Waals surface area contributed by atoms with Crippen molar-refractivity contribution in [3.05, 3.63) is 53.9 Å². The lowest BCUT2D eigenvalue weighted by Gasteiger charge is -2.07. The van der Waals surface area contributed by atoms with E-state index >= 15 is 0 Å². The molecular formula is C19H17NO5. The summed E-state index contributed by atoms with van der Waals surface area (Å²) in [6, 6.07) is 10.4. The second-order valence-corrected chi connectivity index (χ2v) is 5.23. The molecule has 0 spiro atoms. The Bertz CT molecular complexity index is 942. The zero-order valence-corrected chi connectivity index (χ0v) is 14.1. The van der Waals surface area contributed by atoms with E-state index in [0.29, 0.717) is 34.2 Å². The predicted octanol–water partition coefficient (Wildman–Crippen LogP) is 3.77. The van der Waals surface area contributed by atoms with Crippen LogP contribution in [0, 0.1) is 6.92 Å². The maximum Gasteiger partial charge on any atom is 0.336 e. The lowest BCUT2D eigenvalue weighted by Crippen LogP contribution is -2.03. The summed E-state index contributed by atoms with van der Waals surface area (Å²) in [6.07, 6.45) is 2.99. The number of ether oxygens (including phenoxy) is 3. The average molecular weight is 339 g/mol. The van der Waals surface area contributed by atoms with Crippen molar-refractivity contribution in [2.75, 3.05) is 14.2 Å². The molecule has 0 aliphatic carbocycles. The maximum absolute atomic E-state index is 12.0. The Morgan fingerprint density at radius 2 is 1.88 bits per heavy atom. The van der Waals surface area contributed by atoms with Gasteiger partial charge in [-0.2, -0.15) is 0 Å². The number of benzene rings is 2. The number of methoxy groups -OCH3 is 2. The van der Waals surface area contributed by atoms with E-state index in [0.717, 1.165) is 5.56 Å². The van der Waals surface area contributed by atoms with Crippen molar-refractivity contribution in [2.24, 2.45) is 0 Å². The number of aromatic nitrogens is 1. The highest BCUT2D eigenvalue weighted by molar-refractivity contribution is 5.89. The van der Waals surface area contributed by atoms with E-state index in [1.807, 2.05) is 6.07 Å². The van der Waals surface area contributed by atoms with E-state index in [4.69, 9.17) is 18.6 Å². The van der Waals surface area contributed by atoms with Crippen LogP contribution < -0.4 is 14.2 Å². The monoisotopic (exact) mass is 339 g/mol. The number of hydrogen-bond acceptors (Lipinski definition) is 6. The molecule has 0 saturated heterocycles. The average Bonchev–Trinajstić information content (AvgIpc) is 2.99. The van der Waals surface area contributed by atoms with E-state index in [1.54, 1.807) is 57.6 Å². The van der Waals surface area contributed by atoms with E-state index < -0.39 is 5.97 Å². The third kappa shape index (κ3) is 3.80. The van der Waals surface area contributed by atoms with Crippen molar-refractivity contribution in [1.82, 2.24) is 4.98 Å². The topological polar surface area (TPSA) is 70.8 Å². The normalized spacial score (nSPS) is 11.0. The molecule has 0 atom stereocenters. The van der Waals surface area contributed by atoms with E-state index in [-0.39, 0.29) is 0 Å². The van der Waals surface area contributed by atoms with Crippen LogP contribution in [-0.4, -0.2) is 25.2 Å². The summed E-state index contributed by atoms with van der Waals surface area (Å²) >= 11 is 0. The largest absolute Gasteiger partial charge is 0.493 e. The smallest absolute Gasteiger partial charge is 0.336 e. The molecule has 0 saturated carbocycles. The molecule has 1 aromatic heterocycles. The SMILES string of the molecule is COc1ccc(/C=C/C(=O)Oc2ccc3oc(C)nc3c2)cc1OC. The number of carbonyl (C=O) groups excluding carboxylic acids is 1. The van der Waals surface area contributed by atoms with Crippen LogP contribution in [0.15, 0.2) is 46.9 Å². The van der Waals surface area contributed by atoms with Gasteiger partial charge in [0.25, 0.3) is 0 Å². The van der Waals surface area contributed by atoms with Gasteiger partial charge in [-0.05, 0) is 35.9 Å². The maximum atomic E-state index is 12.0. The van der Waals surface area contributed by atoms with Crippen LogP contribution in [0.1, 0.15) is 11.5 Å². The van der Waals surface area contributed by atoms with Gasteiger partial charge in [0.2, 0.25) is 0 Å². The third-order valence-corrected chi connectivity index (χ3v) is 3.50. The van der Waals surface area contributed by atoms with Crippen molar-refractivity contribution in [1.29, 1.82) is 0 Å². The van der Waals surface area contributed by atoms with Crippen LogP contribution in [0.5, 0.6) is 17.2 Å². The number of hydrogen-bond donors (Lipinski definition) is 0. The molecule has 0 N–H and O–H groups in total. The Labute approximate surface area is 144 Å². The molecule has 6 heteroatoms. The predicted molar refractivity (Wildman–Crippen MR) is 93.0 cm³/mol. The van der Waals surface area contributed by atoms with Crippen molar-refractivity contribution in [2.45, 2.75) is 6.92 Å². The number of nitrogens with zero attached hydrogens (tertiary/aromatic N) is 1. The number of fused-ring (bicyclic) bond motifs is 1. The standard InChI is InChI=1S/C19H17NO5/c1-12-20-15-11-14(6-8-16(15)24-12)25-19(21)9-5-13-4-7-17(22-2)18(10-13)23-3/h4-11H,1-3H3/b9-5+. The van der Waals surface area contributed by atoms with Crippen LogP contribution in [0.25, 0.3) is 17.2 Å². The molecule has 0 radical (unpaired) electrons. The number of carbonyl (C=O) groups is 1. The third-order valence-electron chi connectivity index (χ3n) is 3.50. The minimum atomic E-state index is -0.491. The summed E-state index contributed by atoms with van der Waals surface area (Å²) in [5.41, 5.74) is 2.09. The summed E-state index contributed by atoms with van der Waals surface area (Å²) in [4.78, 5) is 16.2. The summed E-state index contributed by atoms with van der Waals surface area (Å²) in [6.45, 7) is 1.76. The van der Waals surface area contributed by atoms with Crippen LogP contribution in [0.3, 0.4) is 0 Å². The van der Waals surface area contributed by atoms with Gasteiger partial charge < -0.3 is 18.6 Å². The van der Waals surface area contributed by atoms with Crippen LogP contribution in [-0.2, 0) is 4.79 Å². The Hall–Kier alpha value is -3.28. The Morgan fingerprint density at radius 1 is 1.08 bits per heavy atom. The molecule has 0 amide bonds.